The fourth-order valence-corrected chi connectivity index (χ4v) is 2.51. The summed E-state index contributed by atoms with van der Waals surface area (Å²) in [7, 11) is 0. The van der Waals surface area contributed by atoms with Crippen LogP contribution in [0.3, 0.4) is 0 Å². The molecule has 114 valence electrons. The molecule has 4 heteroatoms. The first-order valence-electron chi connectivity index (χ1n) is 7.70. The van der Waals surface area contributed by atoms with Gasteiger partial charge in [-0.25, -0.2) is 0 Å². The van der Waals surface area contributed by atoms with Gasteiger partial charge in [-0.3, -0.25) is 4.79 Å². The van der Waals surface area contributed by atoms with Crippen molar-refractivity contribution in [1.29, 1.82) is 0 Å². The summed E-state index contributed by atoms with van der Waals surface area (Å²) in [6.07, 6.45) is 8.91. The highest BCUT2D eigenvalue weighted by molar-refractivity contribution is 5.92. The van der Waals surface area contributed by atoms with Crippen LogP contribution in [-0.2, 0) is 4.79 Å². The van der Waals surface area contributed by atoms with Crippen LogP contribution in [-0.4, -0.2) is 18.6 Å². The average molecular weight is 288 g/mol. The molecule has 1 aliphatic rings. The normalized spacial score (nSPS) is 15.5. The average Bonchev–Trinajstić information content (AvgIpc) is 2.97. The van der Waals surface area contributed by atoms with Crippen molar-refractivity contribution < 1.29 is 9.53 Å². The molecule has 1 saturated carbocycles. The molecule has 1 aliphatic carbocycles. The molecule has 4 nitrogen and oxygen atoms in total. The number of nitrogens with two attached hydrogens (primary N) is 1. The summed E-state index contributed by atoms with van der Waals surface area (Å²) < 4.78 is 5.53. The number of carbonyl (C=O) groups excluding carboxylic acids is 1. The van der Waals surface area contributed by atoms with Gasteiger partial charge in [-0.15, -0.1) is 0 Å². The van der Waals surface area contributed by atoms with Gasteiger partial charge in [-0.05, 0) is 43.0 Å². The number of hydrogen-bond donors (Lipinski definition) is 2. The number of nitrogen functional groups attached to an aromatic ring is 1. The van der Waals surface area contributed by atoms with Crippen molar-refractivity contribution in [2.75, 3.05) is 12.3 Å². The molecule has 1 amide bonds. The second-order valence-electron chi connectivity index (χ2n) is 5.47. The molecular formula is C17H24N2O2. The number of nitrogens with one attached hydrogen (secondary N) is 1. The van der Waals surface area contributed by atoms with Crippen LogP contribution in [0.25, 0.3) is 6.08 Å². The third kappa shape index (κ3) is 4.81. The molecule has 21 heavy (non-hydrogen) atoms. The van der Waals surface area contributed by atoms with E-state index < -0.39 is 0 Å². The van der Waals surface area contributed by atoms with Gasteiger partial charge in [0, 0.05) is 12.1 Å². The van der Waals surface area contributed by atoms with Crippen LogP contribution in [0, 0.1) is 0 Å². The molecule has 0 atom stereocenters. The van der Waals surface area contributed by atoms with Crippen LogP contribution in [0.15, 0.2) is 24.3 Å². The van der Waals surface area contributed by atoms with Crippen molar-refractivity contribution in [2.24, 2.45) is 0 Å². The molecule has 0 spiro atoms. The second kappa shape index (κ2) is 7.72. The molecule has 1 aromatic rings. The predicted octanol–water partition coefficient (Wildman–Crippen LogP) is 3.13. The molecule has 1 aromatic carbocycles. The summed E-state index contributed by atoms with van der Waals surface area (Å²) in [5, 5.41) is 3.02. The van der Waals surface area contributed by atoms with Gasteiger partial charge < -0.3 is 15.8 Å². The Labute approximate surface area is 126 Å². The van der Waals surface area contributed by atoms with Crippen molar-refractivity contribution in [3.63, 3.8) is 0 Å². The number of rotatable bonds is 6. The van der Waals surface area contributed by atoms with Crippen LogP contribution in [0.1, 0.15) is 44.6 Å². The third-order valence-electron chi connectivity index (χ3n) is 3.62. The maximum absolute atomic E-state index is 11.8. The zero-order chi connectivity index (χ0) is 15.1. The van der Waals surface area contributed by atoms with Crippen molar-refractivity contribution in [3.8, 4) is 5.75 Å². The lowest BCUT2D eigenvalue weighted by Gasteiger charge is -2.09. The van der Waals surface area contributed by atoms with Gasteiger partial charge in [0.2, 0.25) is 5.91 Å². The van der Waals surface area contributed by atoms with Crippen molar-refractivity contribution in [3.05, 3.63) is 29.8 Å². The second-order valence-corrected chi connectivity index (χ2v) is 5.47. The lowest BCUT2D eigenvalue weighted by molar-refractivity contribution is -0.117. The van der Waals surface area contributed by atoms with E-state index in [2.05, 4.69) is 12.2 Å². The van der Waals surface area contributed by atoms with E-state index in [1.54, 1.807) is 12.2 Å². The summed E-state index contributed by atoms with van der Waals surface area (Å²) in [5.41, 5.74) is 7.44. The van der Waals surface area contributed by atoms with Crippen LogP contribution in [0.4, 0.5) is 5.69 Å². The summed E-state index contributed by atoms with van der Waals surface area (Å²) in [4.78, 5) is 11.8. The first-order valence-corrected chi connectivity index (χ1v) is 7.70. The van der Waals surface area contributed by atoms with Gasteiger partial charge in [0.15, 0.2) is 0 Å². The Morgan fingerprint density at radius 1 is 1.43 bits per heavy atom. The summed E-state index contributed by atoms with van der Waals surface area (Å²) in [6, 6.07) is 5.92. The number of hydrogen-bond acceptors (Lipinski definition) is 3. The lowest BCUT2D eigenvalue weighted by Crippen LogP contribution is -2.30. The Bertz CT molecular complexity index is 506. The molecule has 0 unspecified atom stereocenters. The first-order chi connectivity index (χ1) is 10.2. The van der Waals surface area contributed by atoms with Crippen LogP contribution < -0.4 is 15.8 Å². The van der Waals surface area contributed by atoms with Gasteiger partial charge in [0.1, 0.15) is 5.75 Å². The maximum atomic E-state index is 11.8. The van der Waals surface area contributed by atoms with E-state index in [9.17, 15) is 4.79 Å². The molecule has 3 N–H and O–H groups in total. The van der Waals surface area contributed by atoms with Gasteiger partial charge in [-0.2, -0.15) is 0 Å². The van der Waals surface area contributed by atoms with E-state index in [0.717, 1.165) is 24.8 Å². The zero-order valence-electron chi connectivity index (χ0n) is 12.6. The Morgan fingerprint density at radius 2 is 2.19 bits per heavy atom. The molecule has 0 saturated heterocycles. The highest BCUT2D eigenvalue weighted by Crippen LogP contribution is 2.23. The molecule has 2 rings (SSSR count). The summed E-state index contributed by atoms with van der Waals surface area (Å²) in [6.45, 7) is 2.71. The number of benzene rings is 1. The topological polar surface area (TPSA) is 64.3 Å². The molecule has 0 radical (unpaired) electrons. The zero-order valence-corrected chi connectivity index (χ0v) is 12.6. The molecule has 1 fully saturated rings. The van der Waals surface area contributed by atoms with E-state index in [1.807, 2.05) is 18.2 Å². The molecule has 0 bridgehead atoms. The number of amides is 1. The van der Waals surface area contributed by atoms with E-state index in [1.165, 1.54) is 12.8 Å². The summed E-state index contributed by atoms with van der Waals surface area (Å²) in [5.74, 6) is 0.663. The van der Waals surface area contributed by atoms with E-state index in [4.69, 9.17) is 10.5 Å². The Balaban J connectivity index is 1.90. The van der Waals surface area contributed by atoms with E-state index in [0.29, 0.717) is 24.1 Å². The monoisotopic (exact) mass is 288 g/mol. The molecule has 0 aromatic heterocycles. The van der Waals surface area contributed by atoms with Crippen molar-refractivity contribution in [2.45, 2.75) is 45.1 Å². The third-order valence-corrected chi connectivity index (χ3v) is 3.62. The predicted molar refractivity (Wildman–Crippen MR) is 86.1 cm³/mol. The standard InChI is InChI=1S/C17H24N2O2/c1-2-11-21-16-9-7-13(12-15(16)18)8-10-17(20)19-14-5-3-4-6-14/h7-10,12,14H,2-6,11,18H2,1H3,(H,19,20)/b10-8-. The van der Waals surface area contributed by atoms with E-state index >= 15 is 0 Å². The highest BCUT2D eigenvalue weighted by atomic mass is 16.5. The highest BCUT2D eigenvalue weighted by Gasteiger charge is 2.15. The first kappa shape index (κ1) is 15.4. The van der Waals surface area contributed by atoms with Crippen LogP contribution >= 0.6 is 0 Å². The van der Waals surface area contributed by atoms with Gasteiger partial charge >= 0.3 is 0 Å². The molecule has 0 aliphatic heterocycles. The Kier molecular flexibility index (Phi) is 5.67. The minimum Gasteiger partial charge on any atom is -0.491 e. The van der Waals surface area contributed by atoms with Gasteiger partial charge in [0.05, 0.1) is 12.3 Å². The lowest BCUT2D eigenvalue weighted by atomic mass is 10.1. The van der Waals surface area contributed by atoms with Crippen LogP contribution in [0.5, 0.6) is 5.75 Å². The number of carbonyl (C=O) groups is 1. The van der Waals surface area contributed by atoms with Gasteiger partial charge in [0.25, 0.3) is 0 Å². The molecular weight excluding hydrogens is 264 g/mol. The minimum absolute atomic E-state index is 0.0354. The molecule has 0 heterocycles. The fourth-order valence-electron chi connectivity index (χ4n) is 2.51. The Hall–Kier alpha value is -1.97. The number of ether oxygens (including phenoxy) is 1. The largest absolute Gasteiger partial charge is 0.491 e. The SMILES string of the molecule is CCCOc1ccc(/C=C\C(=O)NC2CCCC2)cc1N. The summed E-state index contributed by atoms with van der Waals surface area (Å²) >= 11 is 0. The Morgan fingerprint density at radius 3 is 2.86 bits per heavy atom. The minimum atomic E-state index is -0.0354. The quantitative estimate of drug-likeness (QED) is 0.624. The van der Waals surface area contributed by atoms with E-state index in [-0.39, 0.29) is 5.91 Å². The maximum Gasteiger partial charge on any atom is 0.244 e. The fraction of sp³-hybridized carbons (Fsp3) is 0.471. The number of anilines is 1. The van der Waals surface area contributed by atoms with Crippen LogP contribution in [0.2, 0.25) is 0 Å². The smallest absolute Gasteiger partial charge is 0.244 e. The van der Waals surface area contributed by atoms with Crippen molar-refractivity contribution in [1.82, 2.24) is 5.32 Å². The van der Waals surface area contributed by atoms with Gasteiger partial charge in [-0.1, -0.05) is 25.8 Å². The van der Waals surface area contributed by atoms with Crippen molar-refractivity contribution >= 4 is 17.7 Å².